The number of sulfonamides is 1. The number of nitrogens with one attached hydrogen (secondary N) is 1. The summed E-state index contributed by atoms with van der Waals surface area (Å²) in [7, 11) is -3.20. The Morgan fingerprint density at radius 2 is 1.76 bits per heavy atom. The number of benzene rings is 1. The maximum absolute atomic E-state index is 12.5. The fourth-order valence-electron chi connectivity index (χ4n) is 2.55. The van der Waals surface area contributed by atoms with E-state index in [9.17, 15) is 8.42 Å². The van der Waals surface area contributed by atoms with Crippen LogP contribution >= 0.6 is 0 Å². The molecule has 1 fully saturated rings. The van der Waals surface area contributed by atoms with Gasteiger partial charge >= 0.3 is 0 Å². The second-order valence-corrected chi connectivity index (χ2v) is 7.74. The van der Waals surface area contributed by atoms with Crippen LogP contribution < -0.4 is 10.2 Å². The maximum Gasteiger partial charge on any atom is 0.218 e. The number of hydrogen-bond acceptors (Lipinski definition) is 4. The summed E-state index contributed by atoms with van der Waals surface area (Å²) in [6, 6.07) is 10.1. The number of nitrogens with zero attached hydrogens (tertiary/aromatic N) is 2. The summed E-state index contributed by atoms with van der Waals surface area (Å²) in [6.45, 7) is 7.69. The average Bonchev–Trinajstić information content (AvgIpc) is 2.53. The highest BCUT2D eigenvalue weighted by atomic mass is 32.2. The molecular formula is C15H25N3O2S. The molecule has 1 saturated heterocycles. The summed E-state index contributed by atoms with van der Waals surface area (Å²) < 4.78 is 26.6. The van der Waals surface area contributed by atoms with Crippen molar-refractivity contribution in [2.75, 3.05) is 44.2 Å². The van der Waals surface area contributed by atoms with Crippen molar-refractivity contribution in [3.63, 3.8) is 0 Å². The standard InChI is InChI=1S/C15H25N3O2S/c1-3-16-13-14(2)21(19,20)18-11-9-17(10-12-18)15-7-5-4-6-8-15/h4-8,14,16H,3,9-13H2,1-2H3. The molecule has 1 aliphatic heterocycles. The fraction of sp³-hybridized carbons (Fsp3) is 0.600. The lowest BCUT2D eigenvalue weighted by Crippen LogP contribution is -2.52. The Labute approximate surface area is 128 Å². The molecule has 0 aromatic heterocycles. The van der Waals surface area contributed by atoms with E-state index in [1.54, 1.807) is 11.2 Å². The fourth-order valence-corrected chi connectivity index (χ4v) is 4.06. The van der Waals surface area contributed by atoms with E-state index < -0.39 is 10.0 Å². The molecule has 0 saturated carbocycles. The van der Waals surface area contributed by atoms with E-state index in [4.69, 9.17) is 0 Å². The third-order valence-corrected chi connectivity index (χ3v) is 6.18. The molecule has 6 heteroatoms. The van der Waals surface area contributed by atoms with Gasteiger partial charge in [0, 0.05) is 38.4 Å². The predicted molar refractivity (Wildman–Crippen MR) is 87.2 cm³/mol. The molecule has 5 nitrogen and oxygen atoms in total. The highest BCUT2D eigenvalue weighted by Gasteiger charge is 2.31. The van der Waals surface area contributed by atoms with Gasteiger partial charge in [0.05, 0.1) is 5.25 Å². The van der Waals surface area contributed by atoms with Gasteiger partial charge in [0.2, 0.25) is 10.0 Å². The Bertz CT molecular complexity index is 525. The lowest BCUT2D eigenvalue weighted by atomic mass is 10.2. The van der Waals surface area contributed by atoms with Gasteiger partial charge in [-0.2, -0.15) is 4.31 Å². The number of anilines is 1. The SMILES string of the molecule is CCNCC(C)S(=O)(=O)N1CCN(c2ccccc2)CC1. The maximum atomic E-state index is 12.5. The largest absolute Gasteiger partial charge is 0.369 e. The van der Waals surface area contributed by atoms with Crippen LogP contribution in [0.15, 0.2) is 30.3 Å². The van der Waals surface area contributed by atoms with Crippen LogP contribution in [0.2, 0.25) is 0 Å². The summed E-state index contributed by atoms with van der Waals surface area (Å²) in [5.74, 6) is 0. The second kappa shape index (κ2) is 7.24. The van der Waals surface area contributed by atoms with E-state index >= 15 is 0 Å². The molecule has 1 atom stereocenters. The lowest BCUT2D eigenvalue weighted by Gasteiger charge is -2.36. The van der Waals surface area contributed by atoms with Crippen LogP contribution in [0.25, 0.3) is 0 Å². The van der Waals surface area contributed by atoms with E-state index in [0.717, 1.165) is 25.3 Å². The zero-order valence-corrected chi connectivity index (χ0v) is 13.6. The molecular weight excluding hydrogens is 286 g/mol. The van der Waals surface area contributed by atoms with Crippen molar-refractivity contribution in [1.29, 1.82) is 0 Å². The van der Waals surface area contributed by atoms with Gasteiger partial charge in [-0.15, -0.1) is 0 Å². The van der Waals surface area contributed by atoms with Crippen LogP contribution in [0.1, 0.15) is 13.8 Å². The minimum Gasteiger partial charge on any atom is -0.369 e. The predicted octanol–water partition coefficient (Wildman–Crippen LogP) is 1.14. The van der Waals surface area contributed by atoms with Gasteiger partial charge in [-0.25, -0.2) is 8.42 Å². The van der Waals surface area contributed by atoms with Crippen molar-refractivity contribution in [3.8, 4) is 0 Å². The summed E-state index contributed by atoms with van der Waals surface area (Å²) in [4.78, 5) is 2.24. The molecule has 1 aromatic rings. The third-order valence-electron chi connectivity index (χ3n) is 3.91. The van der Waals surface area contributed by atoms with Gasteiger partial charge in [0.25, 0.3) is 0 Å². The van der Waals surface area contributed by atoms with E-state index in [-0.39, 0.29) is 5.25 Å². The first-order valence-electron chi connectivity index (χ1n) is 7.55. The molecule has 0 spiro atoms. The van der Waals surface area contributed by atoms with Gasteiger partial charge in [-0.3, -0.25) is 0 Å². The Morgan fingerprint density at radius 3 is 2.33 bits per heavy atom. The Kier molecular flexibility index (Phi) is 5.61. The summed E-state index contributed by atoms with van der Waals surface area (Å²) in [5, 5.41) is 2.74. The van der Waals surface area contributed by atoms with Crippen molar-refractivity contribution in [2.45, 2.75) is 19.1 Å². The molecule has 0 aliphatic carbocycles. The van der Waals surface area contributed by atoms with Crippen LogP contribution in [0.3, 0.4) is 0 Å². The van der Waals surface area contributed by atoms with E-state index in [1.807, 2.05) is 25.1 Å². The topological polar surface area (TPSA) is 52.7 Å². The first kappa shape index (κ1) is 16.3. The minimum absolute atomic E-state index is 0.374. The number of hydrogen-bond donors (Lipinski definition) is 1. The normalized spacial score (nSPS) is 18.7. The smallest absolute Gasteiger partial charge is 0.218 e. The highest BCUT2D eigenvalue weighted by molar-refractivity contribution is 7.89. The minimum atomic E-state index is -3.20. The van der Waals surface area contributed by atoms with E-state index in [2.05, 4.69) is 22.3 Å². The highest BCUT2D eigenvalue weighted by Crippen LogP contribution is 2.18. The van der Waals surface area contributed by atoms with Crippen molar-refractivity contribution in [3.05, 3.63) is 30.3 Å². The van der Waals surface area contributed by atoms with Crippen molar-refractivity contribution in [2.24, 2.45) is 0 Å². The number of para-hydroxylation sites is 1. The molecule has 1 N–H and O–H groups in total. The van der Waals surface area contributed by atoms with Gasteiger partial charge in [-0.1, -0.05) is 25.1 Å². The molecule has 2 rings (SSSR count). The molecule has 0 radical (unpaired) electrons. The second-order valence-electron chi connectivity index (χ2n) is 5.38. The van der Waals surface area contributed by atoms with Crippen LogP contribution in [-0.4, -0.2) is 57.2 Å². The number of rotatable bonds is 6. The molecule has 1 unspecified atom stereocenters. The molecule has 0 amide bonds. The van der Waals surface area contributed by atoms with Crippen molar-refractivity contribution in [1.82, 2.24) is 9.62 Å². The van der Waals surface area contributed by atoms with Gasteiger partial charge in [-0.05, 0) is 25.6 Å². The zero-order valence-electron chi connectivity index (χ0n) is 12.8. The Hall–Kier alpha value is -1.11. The molecule has 1 aliphatic rings. The molecule has 118 valence electrons. The van der Waals surface area contributed by atoms with Gasteiger partial charge in [0.1, 0.15) is 0 Å². The third kappa shape index (κ3) is 3.96. The molecule has 1 aromatic carbocycles. The summed E-state index contributed by atoms with van der Waals surface area (Å²) >= 11 is 0. The Balaban J connectivity index is 1.94. The van der Waals surface area contributed by atoms with Crippen molar-refractivity contribution < 1.29 is 8.42 Å². The van der Waals surface area contributed by atoms with Gasteiger partial charge < -0.3 is 10.2 Å². The van der Waals surface area contributed by atoms with Gasteiger partial charge in [0.15, 0.2) is 0 Å². The van der Waals surface area contributed by atoms with Crippen LogP contribution in [0.4, 0.5) is 5.69 Å². The lowest BCUT2D eigenvalue weighted by molar-refractivity contribution is 0.379. The quantitative estimate of drug-likeness (QED) is 0.856. The van der Waals surface area contributed by atoms with E-state index in [1.165, 1.54) is 0 Å². The van der Waals surface area contributed by atoms with Crippen LogP contribution in [-0.2, 0) is 10.0 Å². The molecule has 21 heavy (non-hydrogen) atoms. The number of piperazine rings is 1. The van der Waals surface area contributed by atoms with Crippen molar-refractivity contribution >= 4 is 15.7 Å². The van der Waals surface area contributed by atoms with Crippen LogP contribution in [0.5, 0.6) is 0 Å². The average molecular weight is 311 g/mol. The molecule has 0 bridgehead atoms. The van der Waals surface area contributed by atoms with Crippen LogP contribution in [0, 0.1) is 0 Å². The zero-order chi connectivity index (χ0) is 15.3. The first-order valence-corrected chi connectivity index (χ1v) is 9.05. The molecule has 1 heterocycles. The summed E-state index contributed by atoms with van der Waals surface area (Å²) in [6.07, 6.45) is 0. The monoisotopic (exact) mass is 311 g/mol. The summed E-state index contributed by atoms with van der Waals surface area (Å²) in [5.41, 5.74) is 1.16. The Morgan fingerprint density at radius 1 is 1.14 bits per heavy atom. The first-order chi connectivity index (χ1) is 10.1. The van der Waals surface area contributed by atoms with E-state index in [0.29, 0.717) is 19.6 Å².